The van der Waals surface area contributed by atoms with E-state index < -0.39 is 5.60 Å². The molecule has 2 amide bonds. The Morgan fingerprint density at radius 3 is 2.52 bits per heavy atom. The second-order valence-corrected chi connectivity index (χ2v) is 8.41. The van der Waals surface area contributed by atoms with Crippen LogP contribution in [0.3, 0.4) is 0 Å². The summed E-state index contributed by atoms with van der Waals surface area (Å²) in [6.07, 6.45) is 6.04. The number of piperidine rings is 1. The average molecular weight is 402 g/mol. The Labute approximate surface area is 171 Å². The van der Waals surface area contributed by atoms with Gasteiger partial charge in [-0.2, -0.15) is 0 Å². The fraction of sp³-hybridized carbons (Fsp3) is 0.619. The molecule has 2 aliphatic heterocycles. The highest BCUT2D eigenvalue weighted by Crippen LogP contribution is 2.34. The molecule has 1 aromatic heterocycles. The fourth-order valence-corrected chi connectivity index (χ4v) is 4.22. The van der Waals surface area contributed by atoms with E-state index in [1.165, 1.54) is 25.7 Å². The average Bonchev–Trinajstić information content (AvgIpc) is 2.93. The molecule has 2 fully saturated rings. The van der Waals surface area contributed by atoms with E-state index in [9.17, 15) is 9.90 Å². The number of aliphatic hydroxyl groups is 1. The number of imidazole rings is 1. The van der Waals surface area contributed by atoms with Crippen molar-refractivity contribution in [3.63, 3.8) is 0 Å². The third kappa shape index (κ3) is 4.27. The van der Waals surface area contributed by atoms with Crippen LogP contribution in [-0.4, -0.2) is 64.9 Å². The Bertz CT molecular complexity index is 861. The first-order valence-electron chi connectivity index (χ1n) is 10.6. The van der Waals surface area contributed by atoms with Gasteiger partial charge in [0.25, 0.3) is 0 Å². The molecule has 0 bridgehead atoms. The van der Waals surface area contributed by atoms with E-state index in [1.807, 2.05) is 13.0 Å². The van der Waals surface area contributed by atoms with Crippen molar-refractivity contribution in [1.29, 1.82) is 0 Å². The van der Waals surface area contributed by atoms with Crippen LogP contribution in [-0.2, 0) is 0 Å². The van der Waals surface area contributed by atoms with Crippen LogP contribution in [0.5, 0.6) is 5.75 Å². The van der Waals surface area contributed by atoms with Gasteiger partial charge >= 0.3 is 6.03 Å². The van der Waals surface area contributed by atoms with E-state index >= 15 is 0 Å². The van der Waals surface area contributed by atoms with E-state index in [4.69, 9.17) is 9.72 Å². The Morgan fingerprint density at radius 1 is 1.17 bits per heavy atom. The van der Waals surface area contributed by atoms with Crippen LogP contribution in [0.1, 0.15) is 45.4 Å². The number of nitrogens with zero attached hydrogens (tertiary/aromatic N) is 3. The standard InChI is InChI=1S/C21H31N5O3/c1-21(28)9-13-26(14-10-21)20(27)24-19-22-17-15(25-11-5-3-4-6-12-25)7-8-16(29-2)18(17)23-19/h7-8,28H,3-6,9-14H2,1-2H3,(H2,22,23,24,27). The highest BCUT2D eigenvalue weighted by molar-refractivity contribution is 5.97. The zero-order chi connectivity index (χ0) is 20.4. The summed E-state index contributed by atoms with van der Waals surface area (Å²) >= 11 is 0. The molecule has 8 nitrogen and oxygen atoms in total. The first-order chi connectivity index (χ1) is 14.0. The third-order valence-electron chi connectivity index (χ3n) is 6.11. The molecular weight excluding hydrogens is 370 g/mol. The Balaban J connectivity index is 1.57. The molecule has 0 spiro atoms. The van der Waals surface area contributed by atoms with Gasteiger partial charge in [-0.15, -0.1) is 0 Å². The molecule has 2 aliphatic rings. The number of aromatic amines is 1. The maximum atomic E-state index is 12.7. The molecule has 1 aromatic carbocycles. The lowest BCUT2D eigenvalue weighted by Gasteiger charge is -2.35. The molecule has 3 heterocycles. The number of rotatable bonds is 3. The first kappa shape index (κ1) is 19.8. The molecule has 4 rings (SSSR count). The van der Waals surface area contributed by atoms with Crippen LogP contribution >= 0.6 is 0 Å². The third-order valence-corrected chi connectivity index (χ3v) is 6.11. The summed E-state index contributed by atoms with van der Waals surface area (Å²) in [6.45, 7) is 4.91. The number of benzene rings is 1. The number of urea groups is 1. The number of likely N-dealkylation sites (tertiary alicyclic amines) is 1. The van der Waals surface area contributed by atoms with Gasteiger partial charge in [0.2, 0.25) is 5.95 Å². The summed E-state index contributed by atoms with van der Waals surface area (Å²) in [5, 5.41) is 13.0. The van der Waals surface area contributed by atoms with E-state index in [0.717, 1.165) is 29.8 Å². The monoisotopic (exact) mass is 401 g/mol. The maximum Gasteiger partial charge on any atom is 0.324 e. The normalized spacial score (nSPS) is 19.8. The van der Waals surface area contributed by atoms with Gasteiger partial charge in [0.05, 0.1) is 18.4 Å². The zero-order valence-corrected chi connectivity index (χ0v) is 17.3. The summed E-state index contributed by atoms with van der Waals surface area (Å²) in [7, 11) is 1.64. The topological polar surface area (TPSA) is 93.7 Å². The van der Waals surface area contributed by atoms with E-state index in [-0.39, 0.29) is 6.03 Å². The SMILES string of the molecule is COc1ccc(N2CCCCCC2)c2nc(NC(=O)N3CCC(C)(O)CC3)[nH]c12. The number of anilines is 2. The van der Waals surface area contributed by atoms with Crippen molar-refractivity contribution in [1.82, 2.24) is 14.9 Å². The minimum atomic E-state index is -0.689. The van der Waals surface area contributed by atoms with Gasteiger partial charge in [0.1, 0.15) is 16.8 Å². The maximum absolute atomic E-state index is 12.7. The number of hydrogen-bond acceptors (Lipinski definition) is 5. The quantitative estimate of drug-likeness (QED) is 0.733. The van der Waals surface area contributed by atoms with Crippen molar-refractivity contribution < 1.29 is 14.6 Å². The minimum Gasteiger partial charge on any atom is -0.494 e. The van der Waals surface area contributed by atoms with Gasteiger partial charge in [0, 0.05) is 26.2 Å². The van der Waals surface area contributed by atoms with Gasteiger partial charge in [-0.3, -0.25) is 5.32 Å². The predicted octanol–water partition coefficient (Wildman–Crippen LogP) is 3.33. The summed E-state index contributed by atoms with van der Waals surface area (Å²) in [5.74, 6) is 1.13. The van der Waals surface area contributed by atoms with Crippen LogP contribution in [0, 0.1) is 0 Å². The van der Waals surface area contributed by atoms with E-state index in [0.29, 0.717) is 37.6 Å². The molecule has 0 aliphatic carbocycles. The summed E-state index contributed by atoms with van der Waals surface area (Å²) < 4.78 is 5.51. The summed E-state index contributed by atoms with van der Waals surface area (Å²) in [4.78, 5) is 24.7. The van der Waals surface area contributed by atoms with Crippen LogP contribution in [0.2, 0.25) is 0 Å². The molecule has 29 heavy (non-hydrogen) atoms. The Hall–Kier alpha value is -2.48. The van der Waals surface area contributed by atoms with Crippen molar-refractivity contribution in [2.24, 2.45) is 0 Å². The Morgan fingerprint density at radius 2 is 1.86 bits per heavy atom. The van der Waals surface area contributed by atoms with Crippen LogP contribution < -0.4 is 15.0 Å². The lowest BCUT2D eigenvalue weighted by atomic mass is 9.94. The molecule has 0 unspecified atom stereocenters. The number of carbonyl (C=O) groups excluding carboxylic acids is 1. The van der Waals surface area contributed by atoms with Crippen molar-refractivity contribution in [2.75, 3.05) is 43.5 Å². The number of carbonyl (C=O) groups is 1. The number of amides is 2. The van der Waals surface area contributed by atoms with Gasteiger partial charge in [-0.1, -0.05) is 12.8 Å². The minimum absolute atomic E-state index is 0.199. The lowest BCUT2D eigenvalue weighted by Crippen LogP contribution is -2.46. The summed E-state index contributed by atoms with van der Waals surface area (Å²) in [5.41, 5.74) is 2.01. The molecular formula is C21H31N5O3. The molecule has 158 valence electrons. The second kappa shape index (κ2) is 8.10. The van der Waals surface area contributed by atoms with Crippen LogP contribution in [0.15, 0.2) is 12.1 Å². The van der Waals surface area contributed by atoms with Crippen molar-refractivity contribution in [3.05, 3.63) is 12.1 Å². The van der Waals surface area contributed by atoms with Crippen LogP contribution in [0.25, 0.3) is 11.0 Å². The number of fused-ring (bicyclic) bond motifs is 1. The van der Waals surface area contributed by atoms with Gasteiger partial charge in [-0.05, 0) is 44.7 Å². The zero-order valence-electron chi connectivity index (χ0n) is 17.3. The van der Waals surface area contributed by atoms with Gasteiger partial charge in [-0.25, -0.2) is 9.78 Å². The lowest BCUT2D eigenvalue weighted by molar-refractivity contribution is 0.00569. The molecule has 3 N–H and O–H groups in total. The van der Waals surface area contributed by atoms with Gasteiger partial charge in [0.15, 0.2) is 0 Å². The van der Waals surface area contributed by atoms with Gasteiger partial charge < -0.3 is 24.6 Å². The largest absolute Gasteiger partial charge is 0.494 e. The highest BCUT2D eigenvalue weighted by Gasteiger charge is 2.30. The number of ether oxygens (including phenoxy) is 1. The van der Waals surface area contributed by atoms with Crippen molar-refractivity contribution >= 4 is 28.7 Å². The molecule has 0 atom stereocenters. The molecule has 2 aromatic rings. The van der Waals surface area contributed by atoms with Crippen molar-refractivity contribution in [3.8, 4) is 5.75 Å². The molecule has 2 saturated heterocycles. The number of H-pyrrole nitrogens is 1. The number of hydrogen-bond donors (Lipinski definition) is 3. The first-order valence-corrected chi connectivity index (χ1v) is 10.6. The van der Waals surface area contributed by atoms with E-state index in [2.05, 4.69) is 21.3 Å². The predicted molar refractivity (Wildman–Crippen MR) is 114 cm³/mol. The summed E-state index contributed by atoms with van der Waals surface area (Å²) in [6, 6.07) is 3.82. The number of methoxy groups -OCH3 is 1. The van der Waals surface area contributed by atoms with Crippen molar-refractivity contribution in [2.45, 2.75) is 51.0 Å². The highest BCUT2D eigenvalue weighted by atomic mass is 16.5. The number of nitrogens with one attached hydrogen (secondary N) is 2. The molecule has 0 saturated carbocycles. The number of aromatic nitrogens is 2. The fourth-order valence-electron chi connectivity index (χ4n) is 4.22. The smallest absolute Gasteiger partial charge is 0.324 e. The second-order valence-electron chi connectivity index (χ2n) is 8.41. The Kier molecular flexibility index (Phi) is 5.54. The van der Waals surface area contributed by atoms with Crippen LogP contribution in [0.4, 0.5) is 16.4 Å². The molecule has 8 heteroatoms. The van der Waals surface area contributed by atoms with E-state index in [1.54, 1.807) is 12.0 Å². The molecule has 0 radical (unpaired) electrons.